The Morgan fingerprint density at radius 3 is 2.31 bits per heavy atom. The number of aliphatic hydroxyl groups is 1. The van der Waals surface area contributed by atoms with Crippen LogP contribution < -0.4 is 4.90 Å². The predicted octanol–water partition coefficient (Wildman–Crippen LogP) is 3.25. The van der Waals surface area contributed by atoms with Gasteiger partial charge in [-0.05, 0) is 57.9 Å². The highest BCUT2D eigenvalue weighted by Gasteiger charge is 2.37. The molecule has 1 unspecified atom stereocenters. The van der Waals surface area contributed by atoms with Gasteiger partial charge in [-0.2, -0.15) is 0 Å². The smallest absolute Gasteiger partial charge is 0.410 e. The van der Waals surface area contributed by atoms with Gasteiger partial charge in [-0.25, -0.2) is 4.79 Å². The zero-order chi connectivity index (χ0) is 26.9. The Morgan fingerprint density at radius 1 is 1.19 bits per heavy atom. The fourth-order valence-corrected chi connectivity index (χ4v) is 4.50. The minimum atomic E-state index is -1.24. The minimum absolute atomic E-state index is 0.0602. The summed E-state index contributed by atoms with van der Waals surface area (Å²) in [6, 6.07) is 5.27. The molecule has 3 amide bonds. The number of aryl methyl sites for hydroxylation is 1. The Kier molecular flexibility index (Phi) is 8.48. The molecule has 3 rings (SSSR count). The van der Waals surface area contributed by atoms with Gasteiger partial charge in [0.1, 0.15) is 16.7 Å². The van der Waals surface area contributed by atoms with Crippen molar-refractivity contribution >= 4 is 46.8 Å². The average Bonchev–Trinajstić information content (AvgIpc) is 3.00. The summed E-state index contributed by atoms with van der Waals surface area (Å²) in [5, 5.41) is 9.98. The highest BCUT2D eigenvalue weighted by Crippen LogP contribution is 2.32. The fraction of sp³-hybridized carbons (Fsp3) is 0.560. The highest BCUT2D eigenvalue weighted by molar-refractivity contribution is 6.49. The lowest BCUT2D eigenvalue weighted by Crippen LogP contribution is -2.55. The van der Waals surface area contributed by atoms with Gasteiger partial charge >= 0.3 is 6.09 Å². The highest BCUT2D eigenvalue weighted by atomic mass is 35.5. The summed E-state index contributed by atoms with van der Waals surface area (Å²) in [4.78, 5) is 44.1. The first-order valence-electron chi connectivity index (χ1n) is 11.8. The molecule has 11 heteroatoms. The number of likely N-dealkylation sites (N-methyl/N-ethyl adjacent to an activating group) is 1. The summed E-state index contributed by atoms with van der Waals surface area (Å²) in [7, 11) is 1.57. The van der Waals surface area contributed by atoms with Gasteiger partial charge in [0.05, 0.1) is 5.03 Å². The topological polar surface area (TPSA) is 93.6 Å². The van der Waals surface area contributed by atoms with Crippen LogP contribution in [0, 0.1) is 6.92 Å². The summed E-state index contributed by atoms with van der Waals surface area (Å²) in [6.45, 7) is 11.5. The summed E-state index contributed by atoms with van der Waals surface area (Å²) in [6.07, 6.45) is -1.77. The second kappa shape index (κ2) is 10.9. The Labute approximate surface area is 222 Å². The molecule has 1 fully saturated rings. The SMILES string of the molecule is Cc1cc(N2CCN(C(=O)[C@@H](C)N(C)C(=O)OC(C)(C)C)CC2)ccc1CN1C(=O)C(Cl)=C(Cl)C1O. The van der Waals surface area contributed by atoms with Crippen molar-refractivity contribution in [1.82, 2.24) is 14.7 Å². The summed E-state index contributed by atoms with van der Waals surface area (Å²) < 4.78 is 5.37. The van der Waals surface area contributed by atoms with E-state index in [9.17, 15) is 19.5 Å². The van der Waals surface area contributed by atoms with Gasteiger partial charge < -0.3 is 24.5 Å². The van der Waals surface area contributed by atoms with Crippen molar-refractivity contribution < 1.29 is 24.2 Å². The number of halogens is 2. The Morgan fingerprint density at radius 2 is 1.81 bits per heavy atom. The molecule has 0 radical (unpaired) electrons. The maximum absolute atomic E-state index is 13.0. The maximum atomic E-state index is 13.0. The Bertz CT molecular complexity index is 1060. The van der Waals surface area contributed by atoms with Crippen molar-refractivity contribution in [2.75, 3.05) is 38.1 Å². The van der Waals surface area contributed by atoms with Crippen molar-refractivity contribution in [2.24, 2.45) is 0 Å². The minimum Gasteiger partial charge on any atom is -0.444 e. The van der Waals surface area contributed by atoms with Crippen LogP contribution in [-0.2, 0) is 20.9 Å². The molecule has 1 N–H and O–H groups in total. The first-order valence-corrected chi connectivity index (χ1v) is 12.6. The third-order valence-corrected chi connectivity index (χ3v) is 7.27. The Hall–Kier alpha value is -2.49. The molecule has 36 heavy (non-hydrogen) atoms. The maximum Gasteiger partial charge on any atom is 0.410 e. The summed E-state index contributed by atoms with van der Waals surface area (Å²) >= 11 is 11.8. The number of carbonyl (C=O) groups excluding carboxylic acids is 3. The number of hydrogen-bond acceptors (Lipinski definition) is 6. The molecule has 2 aliphatic heterocycles. The monoisotopic (exact) mass is 540 g/mol. The van der Waals surface area contributed by atoms with E-state index in [2.05, 4.69) is 4.90 Å². The predicted molar refractivity (Wildman–Crippen MR) is 139 cm³/mol. The van der Waals surface area contributed by atoms with Gasteiger partial charge in [-0.3, -0.25) is 14.5 Å². The van der Waals surface area contributed by atoms with Crippen LogP contribution in [0.4, 0.5) is 10.5 Å². The number of nitrogens with zero attached hydrogens (tertiary/aromatic N) is 4. The van der Waals surface area contributed by atoms with Crippen LogP contribution in [0.5, 0.6) is 0 Å². The average molecular weight is 541 g/mol. The first-order chi connectivity index (χ1) is 16.7. The number of rotatable bonds is 5. The van der Waals surface area contributed by atoms with Crippen LogP contribution >= 0.6 is 23.2 Å². The van der Waals surface area contributed by atoms with E-state index < -0.39 is 29.9 Å². The van der Waals surface area contributed by atoms with Crippen molar-refractivity contribution in [3.8, 4) is 0 Å². The zero-order valence-electron chi connectivity index (χ0n) is 21.5. The molecule has 0 bridgehead atoms. The molecule has 0 spiro atoms. The zero-order valence-corrected chi connectivity index (χ0v) is 23.1. The lowest BCUT2D eigenvalue weighted by atomic mass is 10.1. The van der Waals surface area contributed by atoms with E-state index in [4.69, 9.17) is 27.9 Å². The molecule has 2 heterocycles. The number of hydrogen-bond donors (Lipinski definition) is 1. The number of ether oxygens (including phenoxy) is 1. The quantitative estimate of drug-likeness (QED) is 0.616. The van der Waals surface area contributed by atoms with E-state index in [1.807, 2.05) is 25.1 Å². The van der Waals surface area contributed by atoms with E-state index in [0.29, 0.717) is 26.2 Å². The van der Waals surface area contributed by atoms with Crippen LogP contribution in [0.15, 0.2) is 28.3 Å². The third-order valence-electron chi connectivity index (χ3n) is 6.42. The number of aliphatic hydroxyl groups excluding tert-OH is 1. The summed E-state index contributed by atoms with van der Waals surface area (Å²) in [5.41, 5.74) is 2.20. The molecule has 198 valence electrons. The first kappa shape index (κ1) is 28.1. The van der Waals surface area contributed by atoms with Gasteiger partial charge in [-0.15, -0.1) is 0 Å². The van der Waals surface area contributed by atoms with Crippen molar-refractivity contribution in [1.29, 1.82) is 0 Å². The molecule has 1 aromatic rings. The van der Waals surface area contributed by atoms with E-state index in [0.717, 1.165) is 16.8 Å². The number of benzene rings is 1. The molecular formula is C25H34Cl2N4O5. The molecule has 2 aliphatic rings. The molecule has 9 nitrogen and oxygen atoms in total. The van der Waals surface area contributed by atoms with Crippen LogP contribution in [-0.4, -0.2) is 88.8 Å². The van der Waals surface area contributed by atoms with E-state index >= 15 is 0 Å². The van der Waals surface area contributed by atoms with Crippen LogP contribution in [0.1, 0.15) is 38.8 Å². The van der Waals surface area contributed by atoms with Crippen LogP contribution in [0.2, 0.25) is 0 Å². The number of piperazine rings is 1. The molecule has 1 saturated heterocycles. The van der Waals surface area contributed by atoms with Crippen molar-refractivity contribution in [3.63, 3.8) is 0 Å². The van der Waals surface area contributed by atoms with E-state index in [-0.39, 0.29) is 22.5 Å². The standard InChI is InChI=1S/C25H34Cl2N4O5/c1-15-13-18(8-7-17(15)14-31-22(33)19(26)20(27)23(31)34)29-9-11-30(12-10-29)21(32)16(2)28(6)24(35)36-25(3,4)5/h7-8,13,16,22,33H,9-12,14H2,1-6H3/t16-,22?/m1/s1. The van der Waals surface area contributed by atoms with Crippen molar-refractivity contribution in [2.45, 2.75) is 59.0 Å². The molecular weight excluding hydrogens is 507 g/mol. The number of amides is 3. The van der Waals surface area contributed by atoms with Gasteiger partial charge in [0.2, 0.25) is 5.91 Å². The lowest BCUT2D eigenvalue weighted by molar-refractivity contribution is -0.136. The normalized spacial score (nSPS) is 19.6. The molecule has 2 atom stereocenters. The van der Waals surface area contributed by atoms with Gasteiger partial charge in [0.25, 0.3) is 5.91 Å². The van der Waals surface area contributed by atoms with Gasteiger partial charge in [-0.1, -0.05) is 29.3 Å². The summed E-state index contributed by atoms with van der Waals surface area (Å²) in [5.74, 6) is -0.612. The third kappa shape index (κ3) is 6.07. The van der Waals surface area contributed by atoms with E-state index in [1.165, 1.54) is 9.80 Å². The second-order valence-electron chi connectivity index (χ2n) is 10.2. The van der Waals surface area contributed by atoms with Gasteiger partial charge in [0, 0.05) is 45.5 Å². The molecule has 1 aromatic carbocycles. The van der Waals surface area contributed by atoms with E-state index in [1.54, 1.807) is 39.6 Å². The largest absolute Gasteiger partial charge is 0.444 e. The fourth-order valence-electron chi connectivity index (χ4n) is 4.09. The number of anilines is 1. The Balaban J connectivity index is 1.58. The van der Waals surface area contributed by atoms with Crippen molar-refractivity contribution in [3.05, 3.63) is 39.4 Å². The number of carbonyl (C=O) groups is 3. The molecule has 0 aliphatic carbocycles. The van der Waals surface area contributed by atoms with Crippen LogP contribution in [0.25, 0.3) is 0 Å². The second-order valence-corrected chi connectivity index (χ2v) is 10.9. The lowest BCUT2D eigenvalue weighted by Gasteiger charge is -2.38. The van der Waals surface area contributed by atoms with Crippen LogP contribution in [0.3, 0.4) is 0 Å². The molecule has 0 aromatic heterocycles. The van der Waals surface area contributed by atoms with Gasteiger partial charge in [0.15, 0.2) is 6.23 Å². The molecule has 0 saturated carbocycles.